The molecule has 0 spiro atoms. The van der Waals surface area contributed by atoms with Crippen LogP contribution in [0.2, 0.25) is 0 Å². The molecule has 1 atom stereocenters. The third kappa shape index (κ3) is 3.18. The number of rotatable bonds is 5. The maximum absolute atomic E-state index is 11.4. The molecule has 1 amide bonds. The number of hydrogen-bond donors (Lipinski definition) is 1. The molecule has 92 valence electrons. The summed E-state index contributed by atoms with van der Waals surface area (Å²) >= 11 is 0. The van der Waals surface area contributed by atoms with Crippen LogP contribution < -0.4 is 5.73 Å². The summed E-state index contributed by atoms with van der Waals surface area (Å²) in [6, 6.07) is 19.0. The fraction of sp³-hybridized carbons (Fsp3) is 0.133. The first-order chi connectivity index (χ1) is 8.77. The normalized spacial score (nSPS) is 12.0. The van der Waals surface area contributed by atoms with Crippen molar-refractivity contribution in [2.45, 2.75) is 12.7 Å². The Labute approximate surface area is 106 Å². The van der Waals surface area contributed by atoms with Gasteiger partial charge in [0, 0.05) is 0 Å². The maximum Gasteiger partial charge on any atom is 0.251 e. The highest BCUT2D eigenvalue weighted by Crippen LogP contribution is 2.18. The number of hydrogen-bond acceptors (Lipinski definition) is 2. The van der Waals surface area contributed by atoms with Gasteiger partial charge in [-0.05, 0) is 11.1 Å². The Morgan fingerprint density at radius 1 is 1.00 bits per heavy atom. The lowest BCUT2D eigenvalue weighted by molar-refractivity contribution is -0.130. The second-order valence-corrected chi connectivity index (χ2v) is 3.99. The summed E-state index contributed by atoms with van der Waals surface area (Å²) in [5, 5.41) is 0. The summed E-state index contributed by atoms with van der Waals surface area (Å²) in [7, 11) is 0. The molecule has 0 saturated heterocycles. The van der Waals surface area contributed by atoms with E-state index in [2.05, 4.69) is 0 Å². The van der Waals surface area contributed by atoms with Crippen molar-refractivity contribution in [1.29, 1.82) is 0 Å². The van der Waals surface area contributed by atoms with Crippen molar-refractivity contribution in [2.75, 3.05) is 0 Å². The SMILES string of the molecule is NC(=O)[C@H](OCc1ccccc1)c1ccccc1. The summed E-state index contributed by atoms with van der Waals surface area (Å²) in [6.45, 7) is 0.364. The Kier molecular flexibility index (Phi) is 4.10. The molecular weight excluding hydrogens is 226 g/mol. The topological polar surface area (TPSA) is 52.3 Å². The van der Waals surface area contributed by atoms with E-state index in [0.29, 0.717) is 6.61 Å². The number of carbonyl (C=O) groups is 1. The van der Waals surface area contributed by atoms with E-state index < -0.39 is 12.0 Å². The average molecular weight is 241 g/mol. The highest BCUT2D eigenvalue weighted by molar-refractivity contribution is 5.80. The summed E-state index contributed by atoms with van der Waals surface area (Å²) in [6.07, 6.45) is -0.702. The van der Waals surface area contributed by atoms with Crippen LogP contribution in [0, 0.1) is 0 Å². The summed E-state index contributed by atoms with van der Waals surface area (Å²) in [5.41, 5.74) is 7.16. The van der Waals surface area contributed by atoms with E-state index in [1.54, 1.807) is 0 Å². The Balaban J connectivity index is 2.06. The van der Waals surface area contributed by atoms with Crippen LogP contribution in [-0.4, -0.2) is 5.91 Å². The van der Waals surface area contributed by atoms with E-state index in [0.717, 1.165) is 11.1 Å². The quantitative estimate of drug-likeness (QED) is 0.874. The molecule has 2 aromatic rings. The Hall–Kier alpha value is -2.13. The number of primary amides is 1. The van der Waals surface area contributed by atoms with Gasteiger partial charge >= 0.3 is 0 Å². The molecule has 0 radical (unpaired) electrons. The molecule has 0 aromatic heterocycles. The van der Waals surface area contributed by atoms with Crippen LogP contribution in [0.3, 0.4) is 0 Å². The molecule has 3 heteroatoms. The second-order valence-electron chi connectivity index (χ2n) is 3.99. The molecule has 0 aliphatic carbocycles. The third-order valence-electron chi connectivity index (χ3n) is 2.62. The minimum atomic E-state index is -0.702. The average Bonchev–Trinajstić information content (AvgIpc) is 2.41. The molecule has 3 nitrogen and oxygen atoms in total. The van der Waals surface area contributed by atoms with E-state index in [-0.39, 0.29) is 0 Å². The van der Waals surface area contributed by atoms with E-state index in [1.165, 1.54) is 0 Å². The van der Waals surface area contributed by atoms with Crippen molar-refractivity contribution in [3.05, 3.63) is 71.8 Å². The largest absolute Gasteiger partial charge is 0.367 e. The molecule has 0 aliphatic rings. The number of carbonyl (C=O) groups excluding carboxylic acids is 1. The Bertz CT molecular complexity index is 496. The standard InChI is InChI=1S/C15H15NO2/c16-15(17)14(13-9-5-2-6-10-13)18-11-12-7-3-1-4-8-12/h1-10,14H,11H2,(H2,16,17)/t14-/m1/s1. The zero-order chi connectivity index (χ0) is 12.8. The van der Waals surface area contributed by atoms with Crippen LogP contribution in [0.1, 0.15) is 17.2 Å². The van der Waals surface area contributed by atoms with Gasteiger partial charge in [0.2, 0.25) is 0 Å². The summed E-state index contributed by atoms with van der Waals surface area (Å²) in [4.78, 5) is 11.4. The molecule has 0 fully saturated rings. The van der Waals surface area contributed by atoms with Gasteiger partial charge in [-0.15, -0.1) is 0 Å². The van der Waals surface area contributed by atoms with E-state index >= 15 is 0 Å². The molecule has 2 aromatic carbocycles. The van der Waals surface area contributed by atoms with Gasteiger partial charge in [0.1, 0.15) is 0 Å². The molecule has 2 N–H and O–H groups in total. The van der Waals surface area contributed by atoms with E-state index in [1.807, 2.05) is 60.7 Å². The van der Waals surface area contributed by atoms with Crippen LogP contribution in [0.25, 0.3) is 0 Å². The van der Waals surface area contributed by atoms with Crippen LogP contribution >= 0.6 is 0 Å². The lowest BCUT2D eigenvalue weighted by Gasteiger charge is -2.14. The van der Waals surface area contributed by atoms with Gasteiger partial charge in [0.05, 0.1) is 6.61 Å². The summed E-state index contributed by atoms with van der Waals surface area (Å²) < 4.78 is 5.60. The van der Waals surface area contributed by atoms with Crippen molar-refractivity contribution >= 4 is 5.91 Å². The predicted octanol–water partition coefficient (Wildman–Crippen LogP) is 2.43. The van der Waals surface area contributed by atoms with Crippen LogP contribution in [0.15, 0.2) is 60.7 Å². The van der Waals surface area contributed by atoms with Gasteiger partial charge in [0.15, 0.2) is 6.10 Å². The van der Waals surface area contributed by atoms with Crippen LogP contribution in [-0.2, 0) is 16.1 Å². The maximum atomic E-state index is 11.4. The fourth-order valence-electron chi connectivity index (χ4n) is 1.72. The monoisotopic (exact) mass is 241 g/mol. The van der Waals surface area contributed by atoms with Crippen molar-refractivity contribution in [3.63, 3.8) is 0 Å². The molecule has 0 heterocycles. The first-order valence-corrected chi connectivity index (χ1v) is 5.77. The molecule has 0 saturated carbocycles. The van der Waals surface area contributed by atoms with Crippen molar-refractivity contribution in [2.24, 2.45) is 5.73 Å². The van der Waals surface area contributed by atoms with Crippen molar-refractivity contribution < 1.29 is 9.53 Å². The fourth-order valence-corrected chi connectivity index (χ4v) is 1.72. The molecule has 0 bridgehead atoms. The highest BCUT2D eigenvalue weighted by Gasteiger charge is 2.17. The minimum Gasteiger partial charge on any atom is -0.367 e. The molecular formula is C15H15NO2. The zero-order valence-corrected chi connectivity index (χ0v) is 9.95. The van der Waals surface area contributed by atoms with E-state index in [9.17, 15) is 4.79 Å². The van der Waals surface area contributed by atoms with Gasteiger partial charge in [-0.3, -0.25) is 4.79 Å². The van der Waals surface area contributed by atoms with Crippen molar-refractivity contribution in [3.8, 4) is 0 Å². The Morgan fingerprint density at radius 2 is 1.56 bits per heavy atom. The number of ether oxygens (including phenoxy) is 1. The predicted molar refractivity (Wildman–Crippen MR) is 69.6 cm³/mol. The minimum absolute atomic E-state index is 0.364. The smallest absolute Gasteiger partial charge is 0.251 e. The number of benzene rings is 2. The Morgan fingerprint density at radius 3 is 2.11 bits per heavy atom. The third-order valence-corrected chi connectivity index (χ3v) is 2.62. The highest BCUT2D eigenvalue weighted by atomic mass is 16.5. The molecule has 18 heavy (non-hydrogen) atoms. The van der Waals surface area contributed by atoms with Gasteiger partial charge in [-0.1, -0.05) is 60.7 Å². The zero-order valence-electron chi connectivity index (χ0n) is 9.95. The van der Waals surface area contributed by atoms with Gasteiger partial charge < -0.3 is 10.5 Å². The van der Waals surface area contributed by atoms with Crippen LogP contribution in [0.4, 0.5) is 0 Å². The second kappa shape index (κ2) is 5.98. The number of amides is 1. The summed E-state index contributed by atoms with van der Waals surface area (Å²) in [5.74, 6) is -0.475. The lowest BCUT2D eigenvalue weighted by atomic mass is 10.1. The molecule has 2 rings (SSSR count). The van der Waals surface area contributed by atoms with Crippen LogP contribution in [0.5, 0.6) is 0 Å². The van der Waals surface area contributed by atoms with Gasteiger partial charge in [-0.25, -0.2) is 0 Å². The number of nitrogens with two attached hydrogens (primary N) is 1. The van der Waals surface area contributed by atoms with Gasteiger partial charge in [0.25, 0.3) is 5.91 Å². The lowest BCUT2D eigenvalue weighted by Crippen LogP contribution is -2.23. The van der Waals surface area contributed by atoms with E-state index in [4.69, 9.17) is 10.5 Å². The molecule has 0 aliphatic heterocycles. The van der Waals surface area contributed by atoms with Crippen molar-refractivity contribution in [1.82, 2.24) is 0 Å². The van der Waals surface area contributed by atoms with Gasteiger partial charge in [-0.2, -0.15) is 0 Å². The molecule has 0 unspecified atom stereocenters. The first-order valence-electron chi connectivity index (χ1n) is 5.77. The first kappa shape index (κ1) is 12.3.